The van der Waals surface area contributed by atoms with Gasteiger partial charge in [-0.05, 0) is 82.4 Å². The standard InChI is InChI=1S/C26H29ClN2O/c1-19-10-11-20(2)24(18-19)26(30)29(23-8-6-5-7-9-23)25(16-17-28(3)4)21-12-14-22(27)15-13-21/h5-15,18,25H,16-17H2,1-4H3. The second-order valence-electron chi connectivity index (χ2n) is 7.99. The zero-order valence-corrected chi connectivity index (χ0v) is 18.9. The van der Waals surface area contributed by atoms with Gasteiger partial charge in [0.1, 0.15) is 0 Å². The first kappa shape index (κ1) is 22.1. The highest BCUT2D eigenvalue weighted by molar-refractivity contribution is 6.30. The van der Waals surface area contributed by atoms with Crippen LogP contribution in [0.3, 0.4) is 0 Å². The van der Waals surface area contributed by atoms with Gasteiger partial charge in [-0.25, -0.2) is 0 Å². The van der Waals surface area contributed by atoms with E-state index in [1.807, 2.05) is 91.5 Å². The number of carbonyl (C=O) groups is 1. The van der Waals surface area contributed by atoms with Crippen molar-refractivity contribution in [3.05, 3.63) is 100 Å². The smallest absolute Gasteiger partial charge is 0.259 e. The molecule has 1 unspecified atom stereocenters. The Bertz CT molecular complexity index is 984. The summed E-state index contributed by atoms with van der Waals surface area (Å²) in [5, 5.41) is 0.692. The molecule has 3 aromatic carbocycles. The van der Waals surface area contributed by atoms with Crippen molar-refractivity contribution in [2.45, 2.75) is 26.3 Å². The van der Waals surface area contributed by atoms with E-state index in [4.69, 9.17) is 11.6 Å². The number of nitrogens with zero attached hydrogens (tertiary/aromatic N) is 2. The topological polar surface area (TPSA) is 23.6 Å². The highest BCUT2D eigenvalue weighted by Crippen LogP contribution is 2.33. The Morgan fingerprint density at radius 3 is 2.23 bits per heavy atom. The Hall–Kier alpha value is -2.62. The number of para-hydroxylation sites is 1. The average Bonchev–Trinajstić information content (AvgIpc) is 2.73. The van der Waals surface area contributed by atoms with Crippen molar-refractivity contribution in [3.8, 4) is 0 Å². The van der Waals surface area contributed by atoms with Crippen molar-refractivity contribution >= 4 is 23.2 Å². The summed E-state index contributed by atoms with van der Waals surface area (Å²) in [6.07, 6.45) is 0.806. The number of benzene rings is 3. The van der Waals surface area contributed by atoms with Gasteiger partial charge in [-0.3, -0.25) is 4.79 Å². The molecule has 0 aliphatic rings. The minimum Gasteiger partial charge on any atom is -0.309 e. The number of halogens is 1. The molecule has 0 fully saturated rings. The summed E-state index contributed by atoms with van der Waals surface area (Å²) in [6, 6.07) is 23.7. The molecule has 0 saturated carbocycles. The Morgan fingerprint density at radius 1 is 0.933 bits per heavy atom. The second kappa shape index (κ2) is 9.92. The van der Waals surface area contributed by atoms with Gasteiger partial charge in [-0.2, -0.15) is 0 Å². The molecule has 0 N–H and O–H groups in total. The molecule has 0 spiro atoms. The minimum atomic E-state index is -0.112. The molecule has 0 bridgehead atoms. The molecule has 1 atom stereocenters. The van der Waals surface area contributed by atoms with Crippen molar-refractivity contribution < 1.29 is 4.79 Å². The van der Waals surface area contributed by atoms with E-state index in [1.54, 1.807) is 0 Å². The maximum Gasteiger partial charge on any atom is 0.259 e. The van der Waals surface area contributed by atoms with E-state index in [0.717, 1.165) is 40.9 Å². The largest absolute Gasteiger partial charge is 0.309 e. The summed E-state index contributed by atoms with van der Waals surface area (Å²) in [7, 11) is 4.11. The number of aryl methyl sites for hydroxylation is 2. The third kappa shape index (κ3) is 5.29. The molecule has 3 aromatic rings. The highest BCUT2D eigenvalue weighted by Gasteiger charge is 2.28. The van der Waals surface area contributed by atoms with Crippen molar-refractivity contribution in [3.63, 3.8) is 0 Å². The van der Waals surface area contributed by atoms with Crippen molar-refractivity contribution in [1.29, 1.82) is 0 Å². The van der Waals surface area contributed by atoms with Crippen LogP contribution in [-0.2, 0) is 0 Å². The van der Waals surface area contributed by atoms with Crippen LogP contribution in [0.15, 0.2) is 72.8 Å². The zero-order chi connectivity index (χ0) is 21.7. The molecule has 0 radical (unpaired) electrons. The number of rotatable bonds is 7. The fourth-order valence-electron chi connectivity index (χ4n) is 3.63. The number of amides is 1. The molecule has 3 rings (SSSR count). The lowest BCUT2D eigenvalue weighted by atomic mass is 9.97. The van der Waals surface area contributed by atoms with E-state index in [9.17, 15) is 4.79 Å². The van der Waals surface area contributed by atoms with Crippen LogP contribution < -0.4 is 4.90 Å². The van der Waals surface area contributed by atoms with Gasteiger partial charge in [0.15, 0.2) is 0 Å². The molecule has 4 heteroatoms. The summed E-state index contributed by atoms with van der Waals surface area (Å²) in [4.78, 5) is 18.0. The quantitative estimate of drug-likeness (QED) is 0.448. The first-order valence-electron chi connectivity index (χ1n) is 10.2. The molecular formula is C26H29ClN2O. The van der Waals surface area contributed by atoms with E-state index < -0.39 is 0 Å². The molecule has 0 aliphatic heterocycles. The SMILES string of the molecule is Cc1ccc(C)c(C(=O)N(c2ccccc2)C(CCN(C)C)c2ccc(Cl)cc2)c1. The summed E-state index contributed by atoms with van der Waals surface area (Å²) in [5.74, 6) is 0.0149. The van der Waals surface area contributed by atoms with Crippen LogP contribution >= 0.6 is 11.6 Å². The van der Waals surface area contributed by atoms with E-state index in [2.05, 4.69) is 19.0 Å². The van der Waals surface area contributed by atoms with Crippen LogP contribution in [0.5, 0.6) is 0 Å². The van der Waals surface area contributed by atoms with Gasteiger partial charge >= 0.3 is 0 Å². The normalized spacial score (nSPS) is 12.1. The minimum absolute atomic E-state index is 0.0149. The molecule has 0 heterocycles. The van der Waals surface area contributed by atoms with Gasteiger partial charge in [0, 0.05) is 16.3 Å². The lowest BCUT2D eigenvalue weighted by molar-refractivity contribution is 0.0973. The predicted octanol–water partition coefficient (Wildman–Crippen LogP) is 6.30. The van der Waals surface area contributed by atoms with Gasteiger partial charge in [-0.1, -0.05) is 59.6 Å². The first-order chi connectivity index (χ1) is 14.4. The number of hydrogen-bond acceptors (Lipinski definition) is 2. The molecule has 0 aromatic heterocycles. The van der Waals surface area contributed by atoms with E-state index in [-0.39, 0.29) is 11.9 Å². The monoisotopic (exact) mass is 420 g/mol. The summed E-state index contributed by atoms with van der Waals surface area (Å²) in [6.45, 7) is 4.87. The Kier molecular flexibility index (Phi) is 7.30. The highest BCUT2D eigenvalue weighted by atomic mass is 35.5. The van der Waals surface area contributed by atoms with Gasteiger partial charge in [0.2, 0.25) is 0 Å². The van der Waals surface area contributed by atoms with E-state index in [1.165, 1.54) is 0 Å². The Balaban J connectivity index is 2.13. The van der Waals surface area contributed by atoms with Gasteiger partial charge in [-0.15, -0.1) is 0 Å². The molecule has 3 nitrogen and oxygen atoms in total. The van der Waals surface area contributed by atoms with Crippen LogP contribution in [0.25, 0.3) is 0 Å². The fraction of sp³-hybridized carbons (Fsp3) is 0.269. The first-order valence-corrected chi connectivity index (χ1v) is 10.6. The molecule has 0 aliphatic carbocycles. The van der Waals surface area contributed by atoms with Crippen molar-refractivity contribution in [2.75, 3.05) is 25.5 Å². The second-order valence-corrected chi connectivity index (χ2v) is 8.42. The molecule has 0 saturated heterocycles. The molecule has 30 heavy (non-hydrogen) atoms. The van der Waals surface area contributed by atoms with Crippen LogP contribution in [0.1, 0.15) is 39.5 Å². The molecule has 156 valence electrons. The number of carbonyl (C=O) groups excluding carboxylic acids is 1. The molecule has 1 amide bonds. The van der Waals surface area contributed by atoms with Crippen molar-refractivity contribution in [2.24, 2.45) is 0 Å². The fourth-order valence-corrected chi connectivity index (χ4v) is 3.76. The predicted molar refractivity (Wildman–Crippen MR) is 127 cm³/mol. The van der Waals surface area contributed by atoms with Crippen molar-refractivity contribution in [1.82, 2.24) is 4.90 Å². The zero-order valence-electron chi connectivity index (χ0n) is 18.1. The number of anilines is 1. The Morgan fingerprint density at radius 2 is 1.60 bits per heavy atom. The lowest BCUT2D eigenvalue weighted by Gasteiger charge is -2.34. The summed E-state index contributed by atoms with van der Waals surface area (Å²) < 4.78 is 0. The lowest BCUT2D eigenvalue weighted by Crippen LogP contribution is -2.37. The van der Waals surface area contributed by atoms with E-state index in [0.29, 0.717) is 5.02 Å². The van der Waals surface area contributed by atoms with Gasteiger partial charge in [0.05, 0.1) is 6.04 Å². The maximum atomic E-state index is 13.9. The third-order valence-corrected chi connectivity index (χ3v) is 5.54. The maximum absolute atomic E-state index is 13.9. The van der Waals surface area contributed by atoms with Crippen LogP contribution in [-0.4, -0.2) is 31.4 Å². The van der Waals surface area contributed by atoms with Gasteiger partial charge in [0.25, 0.3) is 5.91 Å². The number of hydrogen-bond donors (Lipinski definition) is 0. The average molecular weight is 421 g/mol. The summed E-state index contributed by atoms with van der Waals surface area (Å²) >= 11 is 6.15. The van der Waals surface area contributed by atoms with Gasteiger partial charge < -0.3 is 9.80 Å². The van der Waals surface area contributed by atoms with Crippen LogP contribution in [0.4, 0.5) is 5.69 Å². The van der Waals surface area contributed by atoms with E-state index >= 15 is 0 Å². The van der Waals surface area contributed by atoms with Crippen LogP contribution in [0, 0.1) is 13.8 Å². The van der Waals surface area contributed by atoms with Crippen LogP contribution in [0.2, 0.25) is 5.02 Å². The molecular weight excluding hydrogens is 392 g/mol. The third-order valence-electron chi connectivity index (χ3n) is 5.29. The summed E-state index contributed by atoms with van der Waals surface area (Å²) in [5.41, 5.74) is 4.76. The Labute approximate surface area is 184 Å².